The molecule has 1 aromatic heterocycles. The van der Waals surface area contributed by atoms with Crippen molar-refractivity contribution in [2.75, 3.05) is 5.32 Å². The number of nitrogens with one attached hydrogen (secondary N) is 1. The number of thiazole rings is 1. The zero-order chi connectivity index (χ0) is 10.5. The van der Waals surface area contributed by atoms with E-state index in [2.05, 4.69) is 10.3 Å². The van der Waals surface area contributed by atoms with Crippen LogP contribution < -0.4 is 5.32 Å². The van der Waals surface area contributed by atoms with Gasteiger partial charge >= 0.3 is 0 Å². The molecule has 0 aliphatic rings. The number of aliphatic hydroxyl groups is 1. The molecule has 2 aromatic rings. The molecule has 0 bridgehead atoms. The highest BCUT2D eigenvalue weighted by Gasteiger charge is 1.97. The van der Waals surface area contributed by atoms with Crippen molar-refractivity contribution in [2.24, 2.45) is 0 Å². The molecule has 3 nitrogen and oxygen atoms in total. The molecule has 0 radical (unpaired) electrons. The highest BCUT2D eigenvalue weighted by atomic mass is 32.1. The third-order valence-electron chi connectivity index (χ3n) is 2.04. The van der Waals surface area contributed by atoms with E-state index in [0.29, 0.717) is 0 Å². The monoisotopic (exact) mass is 220 g/mol. The summed E-state index contributed by atoms with van der Waals surface area (Å²) in [6, 6.07) is 7.74. The number of hydrogen-bond acceptors (Lipinski definition) is 4. The highest BCUT2D eigenvalue weighted by molar-refractivity contribution is 7.09. The second-order valence-electron chi connectivity index (χ2n) is 3.14. The molecular weight excluding hydrogens is 208 g/mol. The number of rotatable bonds is 4. The van der Waals surface area contributed by atoms with Gasteiger partial charge in [-0.2, -0.15) is 0 Å². The Morgan fingerprint density at radius 1 is 1.40 bits per heavy atom. The van der Waals surface area contributed by atoms with E-state index >= 15 is 0 Å². The lowest BCUT2D eigenvalue weighted by Crippen LogP contribution is -1.99. The Balaban J connectivity index is 1.98. The van der Waals surface area contributed by atoms with E-state index < -0.39 is 0 Å². The summed E-state index contributed by atoms with van der Waals surface area (Å²) in [5.74, 6) is 0. The predicted octanol–water partition coefficient (Wildman–Crippen LogP) is 2.25. The Morgan fingerprint density at radius 3 is 3.07 bits per heavy atom. The molecule has 0 saturated carbocycles. The van der Waals surface area contributed by atoms with E-state index in [1.165, 1.54) is 0 Å². The van der Waals surface area contributed by atoms with Gasteiger partial charge < -0.3 is 10.4 Å². The standard InChI is InChI=1S/C11H12N2OS/c14-8-9-2-1-3-10(6-9)13-7-11-12-4-5-15-11/h1-6,13-14H,7-8H2. The maximum Gasteiger partial charge on any atom is 0.112 e. The molecule has 2 rings (SSSR count). The number of nitrogens with zero attached hydrogens (tertiary/aromatic N) is 1. The molecule has 78 valence electrons. The van der Waals surface area contributed by atoms with Crippen molar-refractivity contribution in [1.29, 1.82) is 0 Å². The molecule has 15 heavy (non-hydrogen) atoms. The van der Waals surface area contributed by atoms with Gasteiger partial charge in [0.1, 0.15) is 5.01 Å². The molecule has 0 spiro atoms. The van der Waals surface area contributed by atoms with Crippen LogP contribution in [0.2, 0.25) is 0 Å². The third-order valence-corrected chi connectivity index (χ3v) is 2.82. The average molecular weight is 220 g/mol. The molecular formula is C11H12N2OS. The Labute approximate surface area is 92.4 Å². The summed E-state index contributed by atoms with van der Waals surface area (Å²) < 4.78 is 0. The van der Waals surface area contributed by atoms with Crippen molar-refractivity contribution in [2.45, 2.75) is 13.2 Å². The van der Waals surface area contributed by atoms with Gasteiger partial charge in [0.2, 0.25) is 0 Å². The molecule has 0 aliphatic heterocycles. The van der Waals surface area contributed by atoms with Gasteiger partial charge in [-0.1, -0.05) is 12.1 Å². The largest absolute Gasteiger partial charge is 0.392 e. The SMILES string of the molecule is OCc1cccc(NCc2nccs2)c1. The predicted molar refractivity (Wildman–Crippen MR) is 61.8 cm³/mol. The molecule has 1 heterocycles. The van der Waals surface area contributed by atoms with Crippen LogP contribution in [0.1, 0.15) is 10.6 Å². The van der Waals surface area contributed by atoms with Crippen LogP contribution in [0.5, 0.6) is 0 Å². The van der Waals surface area contributed by atoms with E-state index in [4.69, 9.17) is 5.11 Å². The number of aromatic nitrogens is 1. The Bertz CT molecular complexity index is 414. The van der Waals surface area contributed by atoms with E-state index in [1.54, 1.807) is 17.5 Å². The fourth-order valence-corrected chi connectivity index (χ4v) is 1.85. The summed E-state index contributed by atoms with van der Waals surface area (Å²) in [4.78, 5) is 4.18. The van der Waals surface area contributed by atoms with Crippen LogP contribution in [-0.2, 0) is 13.2 Å². The summed E-state index contributed by atoms with van der Waals surface area (Å²) in [7, 11) is 0. The summed E-state index contributed by atoms with van der Waals surface area (Å²) >= 11 is 1.63. The molecule has 0 saturated heterocycles. The van der Waals surface area contributed by atoms with Gasteiger partial charge in [0, 0.05) is 17.3 Å². The van der Waals surface area contributed by atoms with Crippen molar-refractivity contribution in [3.63, 3.8) is 0 Å². The van der Waals surface area contributed by atoms with Crippen molar-refractivity contribution < 1.29 is 5.11 Å². The molecule has 2 N–H and O–H groups in total. The first-order valence-corrected chi connectivity index (χ1v) is 5.58. The van der Waals surface area contributed by atoms with Crippen LogP contribution in [0.3, 0.4) is 0 Å². The van der Waals surface area contributed by atoms with Crippen LogP contribution in [0, 0.1) is 0 Å². The van der Waals surface area contributed by atoms with Crippen molar-refractivity contribution in [3.8, 4) is 0 Å². The number of hydrogen-bond donors (Lipinski definition) is 2. The smallest absolute Gasteiger partial charge is 0.112 e. The third kappa shape index (κ3) is 2.78. The van der Waals surface area contributed by atoms with Crippen LogP contribution in [0.4, 0.5) is 5.69 Å². The molecule has 0 fully saturated rings. The normalized spacial score (nSPS) is 10.2. The Kier molecular flexibility index (Phi) is 3.32. The Hall–Kier alpha value is -1.39. The second-order valence-corrected chi connectivity index (χ2v) is 4.12. The Morgan fingerprint density at radius 2 is 2.33 bits per heavy atom. The van der Waals surface area contributed by atoms with Crippen LogP contribution >= 0.6 is 11.3 Å². The maximum atomic E-state index is 8.98. The zero-order valence-corrected chi connectivity index (χ0v) is 9.00. The molecule has 0 aliphatic carbocycles. The maximum absolute atomic E-state index is 8.98. The summed E-state index contributed by atoms with van der Waals surface area (Å²) in [6.45, 7) is 0.805. The lowest BCUT2D eigenvalue weighted by molar-refractivity contribution is 0.282. The van der Waals surface area contributed by atoms with Crippen LogP contribution in [0.15, 0.2) is 35.8 Å². The van der Waals surface area contributed by atoms with E-state index in [-0.39, 0.29) is 6.61 Å². The van der Waals surface area contributed by atoms with Crippen LogP contribution in [-0.4, -0.2) is 10.1 Å². The van der Waals surface area contributed by atoms with Crippen molar-refractivity contribution in [1.82, 2.24) is 4.98 Å². The second kappa shape index (κ2) is 4.91. The van der Waals surface area contributed by atoms with E-state index in [0.717, 1.165) is 22.8 Å². The molecule has 4 heteroatoms. The first-order chi connectivity index (χ1) is 7.38. The summed E-state index contributed by atoms with van der Waals surface area (Å²) in [6.07, 6.45) is 1.80. The lowest BCUT2D eigenvalue weighted by Gasteiger charge is -2.05. The zero-order valence-electron chi connectivity index (χ0n) is 8.18. The lowest BCUT2D eigenvalue weighted by atomic mass is 10.2. The summed E-state index contributed by atoms with van der Waals surface area (Å²) in [5.41, 5.74) is 1.93. The van der Waals surface area contributed by atoms with Gasteiger partial charge in [-0.15, -0.1) is 11.3 Å². The van der Waals surface area contributed by atoms with Gasteiger partial charge in [0.15, 0.2) is 0 Å². The van der Waals surface area contributed by atoms with E-state index in [9.17, 15) is 0 Å². The van der Waals surface area contributed by atoms with Gasteiger partial charge in [-0.3, -0.25) is 0 Å². The minimum absolute atomic E-state index is 0.0762. The number of anilines is 1. The fraction of sp³-hybridized carbons (Fsp3) is 0.182. The number of benzene rings is 1. The van der Waals surface area contributed by atoms with Gasteiger partial charge in [-0.25, -0.2) is 4.98 Å². The number of aliphatic hydroxyl groups excluding tert-OH is 1. The first kappa shape index (κ1) is 10.1. The molecule has 1 aromatic carbocycles. The quantitative estimate of drug-likeness (QED) is 0.830. The minimum Gasteiger partial charge on any atom is -0.392 e. The molecule has 0 amide bonds. The summed E-state index contributed by atoms with van der Waals surface area (Å²) in [5, 5.41) is 15.3. The molecule has 0 unspecified atom stereocenters. The first-order valence-electron chi connectivity index (χ1n) is 4.70. The van der Waals surface area contributed by atoms with E-state index in [1.807, 2.05) is 29.6 Å². The van der Waals surface area contributed by atoms with Crippen LogP contribution in [0.25, 0.3) is 0 Å². The highest BCUT2D eigenvalue weighted by Crippen LogP contribution is 2.12. The van der Waals surface area contributed by atoms with Gasteiger partial charge in [-0.05, 0) is 17.7 Å². The van der Waals surface area contributed by atoms with Gasteiger partial charge in [0.05, 0.1) is 13.2 Å². The van der Waals surface area contributed by atoms with Gasteiger partial charge in [0.25, 0.3) is 0 Å². The van der Waals surface area contributed by atoms with Crippen molar-refractivity contribution in [3.05, 3.63) is 46.4 Å². The topological polar surface area (TPSA) is 45.1 Å². The fourth-order valence-electron chi connectivity index (χ4n) is 1.30. The molecule has 0 atom stereocenters. The average Bonchev–Trinajstić information content (AvgIpc) is 2.79. The minimum atomic E-state index is 0.0762. The van der Waals surface area contributed by atoms with Crippen molar-refractivity contribution >= 4 is 17.0 Å².